The number of aryl methyl sites for hydroxylation is 1. The van der Waals surface area contributed by atoms with Gasteiger partial charge in [0.05, 0.1) is 11.1 Å². The lowest BCUT2D eigenvalue weighted by Gasteiger charge is -2.17. The maximum absolute atomic E-state index is 13.7. The van der Waals surface area contributed by atoms with Gasteiger partial charge in [-0.1, -0.05) is 20.8 Å². The Kier molecular flexibility index (Phi) is 5.82. The molecule has 1 aromatic carbocycles. The molecule has 1 N–H and O–H groups in total. The molecule has 0 radical (unpaired) electrons. The number of alkyl halides is 3. The standard InChI is InChI=1S/C22H22F5N3O/c1-12-5-17-19(29-20(12)28-18(31)9-21(2,3)4)16(22(25,26)27)11-30(17)10-13-6-14(23)8-15(24)7-13/h5-8,11H,9-10H2,1-4H3,(H,28,29,31). The minimum absolute atomic E-state index is 0.0433. The molecule has 166 valence electrons. The molecule has 0 aliphatic heterocycles. The first-order valence-corrected chi connectivity index (χ1v) is 9.55. The minimum atomic E-state index is -4.70. The van der Waals surface area contributed by atoms with E-state index in [0.717, 1.165) is 18.3 Å². The van der Waals surface area contributed by atoms with E-state index < -0.39 is 23.4 Å². The first-order valence-electron chi connectivity index (χ1n) is 9.55. The maximum atomic E-state index is 13.7. The number of carbonyl (C=O) groups is 1. The van der Waals surface area contributed by atoms with Gasteiger partial charge < -0.3 is 9.88 Å². The van der Waals surface area contributed by atoms with Crippen molar-refractivity contribution in [3.8, 4) is 0 Å². The number of pyridine rings is 1. The molecular formula is C22H22F5N3O. The molecule has 2 aromatic heterocycles. The van der Waals surface area contributed by atoms with Gasteiger partial charge in [-0.15, -0.1) is 0 Å². The van der Waals surface area contributed by atoms with Gasteiger partial charge in [-0.2, -0.15) is 13.2 Å². The molecule has 0 unspecified atom stereocenters. The van der Waals surface area contributed by atoms with E-state index in [1.165, 1.54) is 10.6 Å². The predicted octanol–water partition coefficient (Wildman–Crippen LogP) is 6.06. The third-order valence-corrected chi connectivity index (χ3v) is 4.57. The van der Waals surface area contributed by atoms with Crippen molar-refractivity contribution >= 4 is 22.8 Å². The highest BCUT2D eigenvalue weighted by atomic mass is 19.4. The normalized spacial score (nSPS) is 12.4. The molecule has 0 bridgehead atoms. The Morgan fingerprint density at radius 2 is 1.68 bits per heavy atom. The van der Waals surface area contributed by atoms with Gasteiger partial charge in [0, 0.05) is 25.2 Å². The smallest absolute Gasteiger partial charge is 0.341 e. The summed E-state index contributed by atoms with van der Waals surface area (Å²) in [5.41, 5.74) is -0.866. The van der Waals surface area contributed by atoms with Crippen molar-refractivity contribution in [2.45, 2.75) is 46.8 Å². The summed E-state index contributed by atoms with van der Waals surface area (Å²) in [5, 5.41) is 2.59. The molecule has 0 spiro atoms. The molecule has 0 saturated heterocycles. The average Bonchev–Trinajstić information content (AvgIpc) is 2.90. The molecule has 2 heterocycles. The zero-order valence-corrected chi connectivity index (χ0v) is 17.5. The molecule has 1 amide bonds. The van der Waals surface area contributed by atoms with Gasteiger partial charge in [0.2, 0.25) is 5.91 Å². The first-order chi connectivity index (χ1) is 14.2. The summed E-state index contributed by atoms with van der Waals surface area (Å²) < 4.78 is 69.2. The molecule has 0 fully saturated rings. The number of anilines is 1. The van der Waals surface area contributed by atoms with Gasteiger partial charge in [-0.05, 0) is 41.7 Å². The highest BCUT2D eigenvalue weighted by molar-refractivity contribution is 5.93. The van der Waals surface area contributed by atoms with Crippen molar-refractivity contribution in [1.82, 2.24) is 9.55 Å². The molecule has 4 nitrogen and oxygen atoms in total. The fourth-order valence-electron chi connectivity index (χ4n) is 3.32. The van der Waals surface area contributed by atoms with Gasteiger partial charge in [0.25, 0.3) is 0 Å². The second-order valence-corrected chi connectivity index (χ2v) is 8.75. The molecule has 31 heavy (non-hydrogen) atoms. The summed E-state index contributed by atoms with van der Waals surface area (Å²) in [6, 6.07) is 4.28. The van der Waals surface area contributed by atoms with Crippen LogP contribution in [0.4, 0.5) is 27.8 Å². The Hall–Kier alpha value is -2.97. The number of fused-ring (bicyclic) bond motifs is 1. The Morgan fingerprint density at radius 3 is 2.23 bits per heavy atom. The van der Waals surface area contributed by atoms with Gasteiger partial charge in [0.15, 0.2) is 0 Å². The van der Waals surface area contributed by atoms with Crippen molar-refractivity contribution in [2.24, 2.45) is 5.41 Å². The number of amides is 1. The van der Waals surface area contributed by atoms with Gasteiger partial charge in [-0.25, -0.2) is 13.8 Å². The van der Waals surface area contributed by atoms with Crippen LogP contribution in [0.1, 0.15) is 43.9 Å². The minimum Gasteiger partial charge on any atom is -0.341 e. The predicted molar refractivity (Wildman–Crippen MR) is 108 cm³/mol. The number of halogens is 5. The average molecular weight is 439 g/mol. The number of rotatable bonds is 4. The second kappa shape index (κ2) is 7.94. The van der Waals surface area contributed by atoms with Crippen LogP contribution in [-0.4, -0.2) is 15.5 Å². The molecule has 3 aromatic rings. The van der Waals surface area contributed by atoms with Gasteiger partial charge in [-0.3, -0.25) is 4.79 Å². The Bertz CT molecular complexity index is 1120. The lowest BCUT2D eigenvalue weighted by molar-refractivity contribution is -0.136. The number of hydrogen-bond donors (Lipinski definition) is 1. The zero-order chi connectivity index (χ0) is 23.1. The van der Waals surface area contributed by atoms with E-state index >= 15 is 0 Å². The Morgan fingerprint density at radius 1 is 1.06 bits per heavy atom. The molecule has 9 heteroatoms. The van der Waals surface area contributed by atoms with Crippen LogP contribution in [0.15, 0.2) is 30.5 Å². The Labute approximate surface area is 176 Å². The molecule has 0 aliphatic rings. The van der Waals surface area contributed by atoms with Crippen LogP contribution in [0.5, 0.6) is 0 Å². The quantitative estimate of drug-likeness (QED) is 0.502. The van der Waals surface area contributed by atoms with E-state index in [4.69, 9.17) is 0 Å². The number of benzene rings is 1. The SMILES string of the molecule is Cc1cc2c(nc1NC(=O)CC(C)(C)C)c(C(F)(F)F)cn2Cc1cc(F)cc(F)c1. The topological polar surface area (TPSA) is 46.9 Å². The fraction of sp³-hybridized carbons (Fsp3) is 0.364. The van der Waals surface area contributed by atoms with E-state index in [1.54, 1.807) is 6.92 Å². The number of aromatic nitrogens is 2. The molecule has 0 saturated carbocycles. The number of hydrogen-bond acceptors (Lipinski definition) is 2. The van der Waals surface area contributed by atoms with Crippen molar-refractivity contribution in [3.05, 3.63) is 58.8 Å². The highest BCUT2D eigenvalue weighted by Crippen LogP contribution is 2.37. The molecule has 0 atom stereocenters. The lowest BCUT2D eigenvalue weighted by Crippen LogP contribution is -2.20. The second-order valence-electron chi connectivity index (χ2n) is 8.75. The van der Waals surface area contributed by atoms with Crippen molar-refractivity contribution < 1.29 is 26.7 Å². The summed E-state index contributed by atoms with van der Waals surface area (Å²) in [6.45, 7) is 7.04. The van der Waals surface area contributed by atoms with Crippen LogP contribution < -0.4 is 5.32 Å². The lowest BCUT2D eigenvalue weighted by atomic mass is 9.92. The summed E-state index contributed by atoms with van der Waals surface area (Å²) in [4.78, 5) is 16.3. The van der Waals surface area contributed by atoms with E-state index in [2.05, 4.69) is 10.3 Å². The van der Waals surface area contributed by atoms with Crippen LogP contribution in [0.2, 0.25) is 0 Å². The molecular weight excluding hydrogens is 417 g/mol. The zero-order valence-electron chi connectivity index (χ0n) is 17.5. The van der Waals surface area contributed by atoms with Crippen LogP contribution in [-0.2, 0) is 17.5 Å². The maximum Gasteiger partial charge on any atom is 0.419 e. The fourth-order valence-corrected chi connectivity index (χ4v) is 3.32. The van der Waals surface area contributed by atoms with Crippen LogP contribution >= 0.6 is 0 Å². The number of nitrogens with zero attached hydrogens (tertiary/aromatic N) is 2. The van der Waals surface area contributed by atoms with Gasteiger partial charge in [0.1, 0.15) is 23.0 Å². The van der Waals surface area contributed by atoms with Crippen LogP contribution in [0, 0.1) is 24.0 Å². The highest BCUT2D eigenvalue weighted by Gasteiger charge is 2.36. The first kappa shape index (κ1) is 22.7. The van der Waals surface area contributed by atoms with E-state index in [-0.39, 0.29) is 46.7 Å². The van der Waals surface area contributed by atoms with Crippen molar-refractivity contribution in [2.75, 3.05) is 5.32 Å². The largest absolute Gasteiger partial charge is 0.419 e. The van der Waals surface area contributed by atoms with E-state index in [1.807, 2.05) is 20.8 Å². The monoisotopic (exact) mass is 439 g/mol. The van der Waals surface area contributed by atoms with E-state index in [0.29, 0.717) is 11.6 Å². The summed E-state index contributed by atoms with van der Waals surface area (Å²) in [6.07, 6.45) is -3.67. The summed E-state index contributed by atoms with van der Waals surface area (Å²) in [5.74, 6) is -1.95. The summed E-state index contributed by atoms with van der Waals surface area (Å²) in [7, 11) is 0. The van der Waals surface area contributed by atoms with Crippen LogP contribution in [0.3, 0.4) is 0 Å². The number of nitrogens with one attached hydrogen (secondary N) is 1. The summed E-state index contributed by atoms with van der Waals surface area (Å²) >= 11 is 0. The third-order valence-electron chi connectivity index (χ3n) is 4.57. The third kappa shape index (κ3) is 5.39. The van der Waals surface area contributed by atoms with Crippen molar-refractivity contribution in [3.63, 3.8) is 0 Å². The Balaban J connectivity index is 2.07. The van der Waals surface area contributed by atoms with E-state index in [9.17, 15) is 26.7 Å². The van der Waals surface area contributed by atoms with Crippen LogP contribution in [0.25, 0.3) is 11.0 Å². The number of carbonyl (C=O) groups excluding carboxylic acids is 1. The molecule has 3 rings (SSSR count). The van der Waals surface area contributed by atoms with Gasteiger partial charge >= 0.3 is 6.18 Å². The molecule has 0 aliphatic carbocycles. The van der Waals surface area contributed by atoms with Crippen molar-refractivity contribution in [1.29, 1.82) is 0 Å².